The van der Waals surface area contributed by atoms with E-state index in [1.165, 1.54) is 0 Å². The first-order valence-electron chi connectivity index (χ1n) is 7.68. The Kier molecular flexibility index (Phi) is 15.1. The van der Waals surface area contributed by atoms with Crippen LogP contribution < -0.4 is 31.6 Å². The number of anilines is 2. The predicted molar refractivity (Wildman–Crippen MR) is 101 cm³/mol. The average molecular weight is 435 g/mol. The number of carboxylic acids is 2. The van der Waals surface area contributed by atoms with Gasteiger partial charge in [0.1, 0.15) is 11.4 Å². The van der Waals surface area contributed by atoms with Crippen LogP contribution in [-0.4, -0.2) is 33.7 Å². The van der Waals surface area contributed by atoms with Gasteiger partial charge in [-0.1, -0.05) is 9.97 Å². The Hall–Kier alpha value is -2.72. The van der Waals surface area contributed by atoms with Crippen molar-refractivity contribution in [2.45, 2.75) is 27.7 Å². The Labute approximate surface area is 173 Å². The lowest BCUT2D eigenvalue weighted by molar-refractivity contribution is -0.374. The second-order valence-corrected chi connectivity index (χ2v) is 5.73. The first kappa shape index (κ1) is 27.5. The summed E-state index contributed by atoms with van der Waals surface area (Å²) >= 11 is 9.35. The van der Waals surface area contributed by atoms with Gasteiger partial charge in [0, 0.05) is 12.1 Å². The third-order valence-electron chi connectivity index (χ3n) is 2.31. The fourth-order valence-electron chi connectivity index (χ4n) is 1.60. The molecule has 12 heteroatoms. The lowest BCUT2D eigenvalue weighted by Crippen LogP contribution is -2.23. The van der Waals surface area contributed by atoms with Gasteiger partial charge in [0.15, 0.2) is 0 Å². The smallest absolute Gasteiger partial charge is 0.387 e. The molecule has 0 spiro atoms. The molecule has 0 atom stereocenters. The number of carbonyl (C=O) groups is 2. The molecule has 2 rings (SSSR count). The lowest BCUT2D eigenvalue weighted by Gasteiger charge is -1.88. The summed E-state index contributed by atoms with van der Waals surface area (Å²) in [7, 11) is 0. The maximum Gasteiger partial charge on any atom is 0.387 e. The molecule has 0 aliphatic carbocycles. The van der Waals surface area contributed by atoms with E-state index in [1.807, 2.05) is 39.8 Å². The largest absolute Gasteiger partial charge is 0.549 e. The van der Waals surface area contributed by atoms with Crippen LogP contribution >= 0.6 is 23.2 Å². The van der Waals surface area contributed by atoms with E-state index in [0.717, 1.165) is 22.8 Å². The summed E-state index contributed by atoms with van der Waals surface area (Å²) in [4.78, 5) is 31.9. The van der Waals surface area contributed by atoms with Gasteiger partial charge in [-0.3, -0.25) is 11.5 Å². The molecule has 0 radical (unpaired) electrons. The van der Waals surface area contributed by atoms with Gasteiger partial charge < -0.3 is 19.8 Å². The standard InChI is InChI=1S/2C6H9N3.2C2H3ClO2/c2*1-4-3-5(2)9-6(7)8-4;2*3-1-2(4)5/h2*3H,1-2H3,(H2,7,8,9);2*1H2,(H,4,5). The lowest BCUT2D eigenvalue weighted by atomic mass is 10.4. The number of aryl methyl sites for hydroxylation is 4. The van der Waals surface area contributed by atoms with Crippen molar-refractivity contribution in [1.29, 1.82) is 0 Å². The molecule has 0 aliphatic rings. The van der Waals surface area contributed by atoms with E-state index in [2.05, 4.69) is 43.1 Å². The van der Waals surface area contributed by atoms with Crippen molar-refractivity contribution in [3.05, 3.63) is 34.9 Å². The molecule has 0 unspecified atom stereocenters. The minimum Gasteiger partial charge on any atom is -0.549 e. The summed E-state index contributed by atoms with van der Waals surface area (Å²) < 4.78 is 0. The van der Waals surface area contributed by atoms with Gasteiger partial charge in [-0.25, -0.2) is 9.97 Å². The molecule has 0 aliphatic heterocycles. The Morgan fingerprint density at radius 3 is 1.25 bits per heavy atom. The Morgan fingerprint density at radius 1 is 0.857 bits per heavy atom. The second-order valence-electron chi connectivity index (χ2n) is 5.19. The maximum atomic E-state index is 9.12. The fourth-order valence-corrected chi connectivity index (χ4v) is 1.60. The van der Waals surface area contributed by atoms with Gasteiger partial charge in [0.25, 0.3) is 0 Å². The molecule has 2 heterocycles. The number of hydrogen-bond acceptors (Lipinski definition) is 8. The molecule has 2 aromatic heterocycles. The average Bonchev–Trinajstić information content (AvgIpc) is 2.53. The summed E-state index contributed by atoms with van der Waals surface area (Å²) in [5.74, 6) is -2.33. The number of carbonyl (C=O) groups excluding carboxylic acids is 2. The first-order chi connectivity index (χ1) is 12.9. The van der Waals surface area contributed by atoms with Crippen LogP contribution in [0.2, 0.25) is 0 Å². The molecule has 0 fully saturated rings. The number of nitrogens with one attached hydrogen (secondary N) is 2. The van der Waals surface area contributed by atoms with Crippen LogP contribution in [0.4, 0.5) is 11.9 Å². The number of nitrogens with two attached hydrogens (primary N) is 2. The topological polar surface area (TPSA) is 186 Å². The summed E-state index contributed by atoms with van der Waals surface area (Å²) in [5.41, 5.74) is 14.8. The van der Waals surface area contributed by atoms with E-state index in [0.29, 0.717) is 11.9 Å². The molecule has 28 heavy (non-hydrogen) atoms. The van der Waals surface area contributed by atoms with Gasteiger partial charge in [0.05, 0.1) is 35.1 Å². The molecule has 0 bridgehead atoms. The van der Waals surface area contributed by atoms with Gasteiger partial charge in [0.2, 0.25) is 0 Å². The molecular formula is C16H24Cl2N6O4. The summed E-state index contributed by atoms with van der Waals surface area (Å²) in [6.07, 6.45) is 0. The highest BCUT2D eigenvalue weighted by Gasteiger charge is 1.99. The highest BCUT2D eigenvalue weighted by atomic mass is 35.5. The van der Waals surface area contributed by atoms with Crippen molar-refractivity contribution in [3.8, 4) is 0 Å². The number of halogens is 2. The molecular weight excluding hydrogens is 411 g/mol. The number of aromatic nitrogens is 4. The van der Waals surface area contributed by atoms with Gasteiger partial charge in [-0.15, -0.1) is 23.2 Å². The highest BCUT2D eigenvalue weighted by molar-refractivity contribution is 6.26. The van der Waals surface area contributed by atoms with E-state index in [1.54, 1.807) is 0 Å². The zero-order chi connectivity index (χ0) is 22.3. The summed E-state index contributed by atoms with van der Waals surface area (Å²) in [6.45, 7) is 7.73. The van der Waals surface area contributed by atoms with Crippen molar-refractivity contribution in [3.63, 3.8) is 0 Å². The maximum absolute atomic E-state index is 9.12. The fraction of sp³-hybridized carbons (Fsp3) is 0.375. The number of alkyl halides is 2. The molecule has 2 aromatic rings. The van der Waals surface area contributed by atoms with Crippen molar-refractivity contribution in [2.75, 3.05) is 23.2 Å². The van der Waals surface area contributed by atoms with Crippen molar-refractivity contribution in [2.24, 2.45) is 0 Å². The molecule has 0 saturated carbocycles. The minimum atomic E-state index is -1.23. The van der Waals surface area contributed by atoms with E-state index in [9.17, 15) is 0 Å². The van der Waals surface area contributed by atoms with Crippen LogP contribution in [0.15, 0.2) is 12.1 Å². The zero-order valence-electron chi connectivity index (χ0n) is 16.0. The first-order valence-corrected chi connectivity index (χ1v) is 8.75. The third kappa shape index (κ3) is 18.1. The molecule has 0 aromatic carbocycles. The Balaban J connectivity index is 0. The Morgan fingerprint density at radius 2 is 1.11 bits per heavy atom. The number of aliphatic carboxylic acids is 2. The summed E-state index contributed by atoms with van der Waals surface area (Å²) in [5, 5.41) is 18.2. The molecule has 10 nitrogen and oxygen atoms in total. The Bertz CT molecular complexity index is 597. The molecule has 156 valence electrons. The second kappa shape index (κ2) is 15.3. The van der Waals surface area contributed by atoms with E-state index >= 15 is 0 Å². The van der Waals surface area contributed by atoms with Crippen molar-refractivity contribution < 1.29 is 29.8 Å². The minimum absolute atomic E-state index is 0.417. The van der Waals surface area contributed by atoms with E-state index in [-0.39, 0.29) is 0 Å². The van der Waals surface area contributed by atoms with Crippen LogP contribution in [0, 0.1) is 27.7 Å². The number of hydrogen-bond donors (Lipinski definition) is 2. The molecule has 0 amide bonds. The van der Waals surface area contributed by atoms with Crippen LogP contribution in [0.1, 0.15) is 22.8 Å². The number of carboxylic acid groups (broad SMARTS) is 2. The number of aromatic amines is 2. The monoisotopic (exact) mass is 434 g/mol. The van der Waals surface area contributed by atoms with E-state index in [4.69, 9.17) is 31.3 Å². The predicted octanol–water partition coefficient (Wildman–Crippen LogP) is -1.86. The third-order valence-corrected chi connectivity index (χ3v) is 2.75. The molecule has 6 N–H and O–H groups in total. The van der Waals surface area contributed by atoms with Gasteiger partial charge >= 0.3 is 11.9 Å². The van der Waals surface area contributed by atoms with Crippen molar-refractivity contribution >= 4 is 47.0 Å². The quantitative estimate of drug-likeness (QED) is 0.514. The van der Waals surface area contributed by atoms with E-state index < -0.39 is 23.7 Å². The number of rotatable bonds is 2. The van der Waals surface area contributed by atoms with Crippen molar-refractivity contribution in [1.82, 2.24) is 9.97 Å². The van der Waals surface area contributed by atoms with Crippen LogP contribution in [0.5, 0.6) is 0 Å². The number of nitrogens with zero attached hydrogens (tertiary/aromatic N) is 2. The number of nitrogen functional groups attached to an aromatic ring is 2. The summed E-state index contributed by atoms with van der Waals surface area (Å²) in [6, 6.07) is 3.88. The SMILES string of the molecule is Cc1cc(C)[nH+]c(N)n1.Cc1cc(C)[nH+]c(N)n1.O=C([O-])CCl.O=C([O-])CCl. The van der Waals surface area contributed by atoms with Crippen LogP contribution in [-0.2, 0) is 9.59 Å². The normalized spacial score (nSPS) is 8.79. The van der Waals surface area contributed by atoms with Crippen LogP contribution in [0.3, 0.4) is 0 Å². The van der Waals surface area contributed by atoms with Crippen LogP contribution in [0.25, 0.3) is 0 Å². The zero-order valence-corrected chi connectivity index (χ0v) is 17.5. The highest BCUT2D eigenvalue weighted by Crippen LogP contribution is 1.93. The van der Waals surface area contributed by atoms with Gasteiger partial charge in [-0.05, 0) is 27.7 Å². The molecule has 0 saturated heterocycles. The number of H-pyrrole nitrogens is 2. The van der Waals surface area contributed by atoms with Gasteiger partial charge in [-0.2, -0.15) is 0 Å².